The molecule has 4 heteroatoms. The molecule has 0 saturated heterocycles. The van der Waals surface area contributed by atoms with Crippen LogP contribution in [0.3, 0.4) is 0 Å². The van der Waals surface area contributed by atoms with Crippen molar-refractivity contribution >= 4 is 11.5 Å². The quantitative estimate of drug-likeness (QED) is 0.865. The van der Waals surface area contributed by atoms with Crippen LogP contribution in [0.2, 0.25) is 0 Å². The van der Waals surface area contributed by atoms with Gasteiger partial charge in [0.1, 0.15) is 0 Å². The van der Waals surface area contributed by atoms with E-state index in [9.17, 15) is 9.90 Å². The Morgan fingerprint density at radius 1 is 0.958 bits per heavy atom. The second-order valence-electron chi connectivity index (χ2n) is 6.81. The van der Waals surface area contributed by atoms with E-state index in [2.05, 4.69) is 4.90 Å². The largest absolute Gasteiger partial charge is 0.387 e. The Morgan fingerprint density at radius 3 is 2.00 bits per heavy atom. The Balaban J connectivity index is 1.80. The predicted molar refractivity (Wildman–Crippen MR) is 97.3 cm³/mol. The van der Waals surface area contributed by atoms with Crippen LogP contribution >= 0.6 is 0 Å². The molecule has 0 bridgehead atoms. The lowest BCUT2D eigenvalue weighted by molar-refractivity contribution is -0.125. The molecule has 1 aromatic rings. The topological polar surface area (TPSA) is 43.8 Å². The highest BCUT2D eigenvalue weighted by molar-refractivity contribution is 6.10. The van der Waals surface area contributed by atoms with Gasteiger partial charge in [-0.3, -0.25) is 9.69 Å². The Morgan fingerprint density at radius 2 is 1.54 bits per heavy atom. The standard InChI is InChI=1S/C20H24N2O2/c1-21(2)15-9-5-13(6-10-15)17-19(23)18(20(17)24)14-7-11-16(12-8-14)22(3)4/h5-12,15,18-19,23H,1-4H3. The van der Waals surface area contributed by atoms with Crippen molar-refractivity contribution in [2.75, 3.05) is 33.1 Å². The lowest BCUT2D eigenvalue weighted by Gasteiger charge is -2.36. The highest BCUT2D eigenvalue weighted by Gasteiger charge is 2.46. The fourth-order valence-corrected chi connectivity index (χ4v) is 3.20. The molecule has 1 N–H and O–H groups in total. The maximum absolute atomic E-state index is 12.6. The third-order valence-electron chi connectivity index (χ3n) is 4.78. The van der Waals surface area contributed by atoms with E-state index >= 15 is 0 Å². The van der Waals surface area contributed by atoms with E-state index in [-0.39, 0.29) is 11.8 Å². The monoisotopic (exact) mass is 324 g/mol. The number of hydrogen-bond donors (Lipinski definition) is 1. The van der Waals surface area contributed by atoms with Crippen LogP contribution in [0.1, 0.15) is 11.5 Å². The zero-order valence-electron chi connectivity index (χ0n) is 14.6. The maximum Gasteiger partial charge on any atom is 0.172 e. The molecule has 3 rings (SSSR count). The second kappa shape index (κ2) is 6.38. The van der Waals surface area contributed by atoms with Gasteiger partial charge in [-0.15, -0.1) is 0 Å². The lowest BCUT2D eigenvalue weighted by atomic mass is 9.69. The summed E-state index contributed by atoms with van der Waals surface area (Å²) in [7, 11) is 7.97. The number of allylic oxidation sites excluding steroid dienone is 3. The van der Waals surface area contributed by atoms with Crippen molar-refractivity contribution < 1.29 is 9.90 Å². The number of carbonyl (C=O) groups excluding carboxylic acids is 1. The Hall–Kier alpha value is -2.17. The first kappa shape index (κ1) is 16.7. The van der Waals surface area contributed by atoms with Gasteiger partial charge in [0.05, 0.1) is 12.0 Å². The molecule has 0 aliphatic heterocycles. The second-order valence-corrected chi connectivity index (χ2v) is 6.81. The molecule has 0 aromatic heterocycles. The zero-order chi connectivity index (χ0) is 17.4. The minimum atomic E-state index is -0.733. The van der Waals surface area contributed by atoms with Crippen LogP contribution < -0.4 is 4.90 Å². The van der Waals surface area contributed by atoms with Crippen molar-refractivity contribution in [1.82, 2.24) is 4.90 Å². The molecule has 0 spiro atoms. The van der Waals surface area contributed by atoms with Gasteiger partial charge in [0.15, 0.2) is 5.78 Å². The van der Waals surface area contributed by atoms with Gasteiger partial charge in [0.25, 0.3) is 0 Å². The van der Waals surface area contributed by atoms with Crippen molar-refractivity contribution in [3.63, 3.8) is 0 Å². The Bertz CT molecular complexity index is 711. The summed E-state index contributed by atoms with van der Waals surface area (Å²) >= 11 is 0. The number of ketones is 1. The first-order chi connectivity index (χ1) is 11.4. The van der Waals surface area contributed by atoms with Gasteiger partial charge in [-0.25, -0.2) is 0 Å². The molecule has 2 aliphatic carbocycles. The predicted octanol–water partition coefficient (Wildman–Crippen LogP) is 2.13. The highest BCUT2D eigenvalue weighted by Crippen LogP contribution is 2.41. The average molecular weight is 324 g/mol. The van der Waals surface area contributed by atoms with Crippen LogP contribution in [-0.4, -0.2) is 56.1 Å². The summed E-state index contributed by atoms with van der Waals surface area (Å²) in [5.41, 5.74) is 3.30. The minimum absolute atomic E-state index is 0.0210. The number of aliphatic hydroxyl groups is 1. The fraction of sp³-hybridized carbons (Fsp3) is 0.350. The number of aliphatic hydroxyl groups excluding tert-OH is 1. The van der Waals surface area contributed by atoms with Crippen molar-refractivity contribution in [3.05, 3.63) is 65.3 Å². The normalized spacial score (nSPS) is 26.1. The van der Waals surface area contributed by atoms with Gasteiger partial charge >= 0.3 is 0 Å². The number of Topliss-reactive ketones (excluding diaryl/α,β-unsaturated/α-hetero) is 1. The molecule has 126 valence electrons. The first-order valence-corrected chi connectivity index (χ1v) is 8.16. The summed E-state index contributed by atoms with van der Waals surface area (Å²) in [5, 5.41) is 10.5. The number of carbonyl (C=O) groups is 1. The molecule has 4 nitrogen and oxygen atoms in total. The zero-order valence-corrected chi connectivity index (χ0v) is 14.6. The number of nitrogens with zero attached hydrogens (tertiary/aromatic N) is 2. The SMILES string of the molecule is CN(C)c1ccc(C2C(=O)C(=C3C=CC(N(C)C)C=C3)C2O)cc1. The number of hydrogen-bond acceptors (Lipinski definition) is 4. The third-order valence-corrected chi connectivity index (χ3v) is 4.78. The fourth-order valence-electron chi connectivity index (χ4n) is 3.20. The molecular weight excluding hydrogens is 300 g/mol. The summed E-state index contributed by atoms with van der Waals surface area (Å²) in [4.78, 5) is 16.7. The Kier molecular flexibility index (Phi) is 4.43. The number of anilines is 1. The minimum Gasteiger partial charge on any atom is -0.387 e. The summed E-state index contributed by atoms with van der Waals surface area (Å²) < 4.78 is 0. The smallest absolute Gasteiger partial charge is 0.172 e. The molecule has 0 radical (unpaired) electrons. The molecule has 1 saturated carbocycles. The van der Waals surface area contributed by atoms with E-state index in [1.165, 1.54) is 0 Å². The van der Waals surface area contributed by atoms with Crippen LogP contribution in [-0.2, 0) is 4.79 Å². The van der Waals surface area contributed by atoms with Crippen LogP contribution in [0.4, 0.5) is 5.69 Å². The summed E-state index contributed by atoms with van der Waals surface area (Å²) in [6, 6.07) is 8.04. The highest BCUT2D eigenvalue weighted by atomic mass is 16.3. The van der Waals surface area contributed by atoms with Gasteiger partial charge in [-0.1, -0.05) is 36.4 Å². The van der Waals surface area contributed by atoms with Crippen molar-refractivity contribution in [3.8, 4) is 0 Å². The molecule has 24 heavy (non-hydrogen) atoms. The van der Waals surface area contributed by atoms with Gasteiger partial charge in [-0.05, 0) is 37.4 Å². The molecule has 0 heterocycles. The van der Waals surface area contributed by atoms with Crippen molar-refractivity contribution in [1.29, 1.82) is 0 Å². The van der Waals surface area contributed by atoms with E-state index in [4.69, 9.17) is 0 Å². The summed E-state index contributed by atoms with van der Waals surface area (Å²) in [6.45, 7) is 0. The molecule has 1 aromatic carbocycles. The summed E-state index contributed by atoms with van der Waals surface area (Å²) in [5.74, 6) is -0.426. The maximum atomic E-state index is 12.6. The van der Waals surface area contributed by atoms with Gasteiger partial charge in [0.2, 0.25) is 0 Å². The number of rotatable bonds is 3. The molecule has 2 aliphatic rings. The molecule has 0 amide bonds. The number of benzene rings is 1. The van der Waals surface area contributed by atoms with E-state index in [0.29, 0.717) is 5.57 Å². The van der Waals surface area contributed by atoms with Crippen LogP contribution in [0.25, 0.3) is 0 Å². The van der Waals surface area contributed by atoms with Gasteiger partial charge in [0, 0.05) is 31.4 Å². The molecular formula is C20H24N2O2. The molecule has 2 atom stereocenters. The average Bonchev–Trinajstić information content (AvgIpc) is 2.56. The Labute approximate surface area is 143 Å². The first-order valence-electron chi connectivity index (χ1n) is 8.16. The lowest BCUT2D eigenvalue weighted by Crippen LogP contribution is -2.43. The third kappa shape index (κ3) is 2.83. The van der Waals surface area contributed by atoms with Crippen LogP contribution in [0.5, 0.6) is 0 Å². The van der Waals surface area contributed by atoms with E-state index in [1.54, 1.807) is 0 Å². The van der Waals surface area contributed by atoms with Gasteiger partial charge in [-0.2, -0.15) is 0 Å². The van der Waals surface area contributed by atoms with E-state index in [0.717, 1.165) is 16.8 Å². The van der Waals surface area contributed by atoms with E-state index in [1.807, 2.05) is 81.7 Å². The van der Waals surface area contributed by atoms with E-state index < -0.39 is 12.0 Å². The molecule has 2 unspecified atom stereocenters. The van der Waals surface area contributed by atoms with Gasteiger partial charge < -0.3 is 10.0 Å². The number of likely N-dealkylation sites (N-methyl/N-ethyl adjacent to an activating group) is 1. The summed E-state index contributed by atoms with van der Waals surface area (Å²) in [6.07, 6.45) is 7.23. The van der Waals surface area contributed by atoms with Crippen LogP contribution in [0.15, 0.2) is 59.7 Å². The van der Waals surface area contributed by atoms with Crippen LogP contribution in [0, 0.1) is 0 Å². The van der Waals surface area contributed by atoms with Crippen molar-refractivity contribution in [2.24, 2.45) is 0 Å². The molecule has 1 fully saturated rings. The van der Waals surface area contributed by atoms with Crippen molar-refractivity contribution in [2.45, 2.75) is 18.1 Å².